The van der Waals surface area contributed by atoms with Crippen LogP contribution in [0.5, 0.6) is 0 Å². The van der Waals surface area contributed by atoms with Gasteiger partial charge in [-0.25, -0.2) is 4.98 Å². The van der Waals surface area contributed by atoms with E-state index in [2.05, 4.69) is 44.1 Å². The molecular weight excluding hydrogens is 700 g/mol. The average molecular weight is 740 g/mol. The molecular formula is C37H39F6N9O. The van der Waals surface area contributed by atoms with Gasteiger partial charge in [0, 0.05) is 63.4 Å². The van der Waals surface area contributed by atoms with Gasteiger partial charge in [-0.15, -0.1) is 10.2 Å². The van der Waals surface area contributed by atoms with Crippen molar-refractivity contribution in [2.24, 2.45) is 13.0 Å². The minimum Gasteiger partial charge on any atom is -0.370 e. The SMILES string of the molecule is CC(C)[C@H]1CN(C)CCN1Cc1cc2c(c(C(F)(F)F)c1)CN(c1cc(-c3cc(C(F)(F)F)ccc3-c3nncn3C)cc(NCCCC#N)n1)C2=O. The van der Waals surface area contributed by atoms with Crippen LogP contribution in [0.3, 0.4) is 0 Å². The van der Waals surface area contributed by atoms with E-state index in [4.69, 9.17) is 5.26 Å². The molecule has 280 valence electrons. The molecule has 16 heteroatoms. The maximum Gasteiger partial charge on any atom is 0.416 e. The molecule has 4 heterocycles. The molecule has 0 saturated carbocycles. The number of pyridine rings is 1. The Morgan fingerprint density at radius 1 is 0.981 bits per heavy atom. The number of nitriles is 1. The van der Waals surface area contributed by atoms with Crippen LogP contribution in [0.15, 0.2) is 48.8 Å². The van der Waals surface area contributed by atoms with Crippen molar-refractivity contribution in [2.45, 2.75) is 58.2 Å². The Kier molecular flexibility index (Phi) is 10.5. The largest absolute Gasteiger partial charge is 0.416 e. The number of alkyl halides is 6. The zero-order valence-corrected chi connectivity index (χ0v) is 29.7. The third-order valence-electron chi connectivity index (χ3n) is 9.77. The number of likely N-dealkylation sites (N-methyl/N-ethyl adjacent to an activating group) is 1. The summed E-state index contributed by atoms with van der Waals surface area (Å²) in [5.41, 5.74) is -1.18. The van der Waals surface area contributed by atoms with Gasteiger partial charge >= 0.3 is 12.4 Å². The lowest BCUT2D eigenvalue weighted by atomic mass is 9.96. The van der Waals surface area contributed by atoms with E-state index in [1.54, 1.807) is 7.05 Å². The Morgan fingerprint density at radius 2 is 1.75 bits per heavy atom. The highest BCUT2D eigenvalue weighted by Crippen LogP contribution is 2.42. The highest BCUT2D eigenvalue weighted by Gasteiger charge is 2.41. The first-order valence-electron chi connectivity index (χ1n) is 17.2. The molecule has 2 aliphatic heterocycles. The Bertz CT molecular complexity index is 2030. The van der Waals surface area contributed by atoms with Gasteiger partial charge in [-0.2, -0.15) is 31.6 Å². The second-order valence-electron chi connectivity index (χ2n) is 13.9. The van der Waals surface area contributed by atoms with Gasteiger partial charge in [0.05, 0.1) is 23.7 Å². The van der Waals surface area contributed by atoms with E-state index < -0.39 is 35.9 Å². The molecule has 6 rings (SSSR count). The van der Waals surface area contributed by atoms with Gasteiger partial charge in [0.25, 0.3) is 5.91 Å². The maximum absolute atomic E-state index is 14.7. The lowest BCUT2D eigenvalue weighted by Gasteiger charge is -2.42. The standard InChI is InChI=1S/C37H39F6N9O/c1-22(2)31-20-49(3)11-12-51(31)18-23-13-28-29(30(14-23)37(41,42)43)19-52(35(28)53)33-16-24(15-32(47-33)45-10-6-5-9-44)27-17-25(36(38,39)40)7-8-26(27)34-48-46-21-50(34)4/h7-8,13-17,21-22,31H,5-6,10-12,18-20H2,1-4H3,(H,45,47)/t31-/m1/s1. The summed E-state index contributed by atoms with van der Waals surface area (Å²) in [6.07, 6.45) is -7.42. The van der Waals surface area contributed by atoms with Crippen molar-refractivity contribution in [3.8, 4) is 28.6 Å². The fourth-order valence-electron chi connectivity index (χ4n) is 7.02. The van der Waals surface area contributed by atoms with Crippen molar-refractivity contribution >= 4 is 17.5 Å². The minimum atomic E-state index is -4.76. The van der Waals surface area contributed by atoms with Gasteiger partial charge in [0.1, 0.15) is 18.0 Å². The summed E-state index contributed by atoms with van der Waals surface area (Å²) in [7, 11) is 3.65. The van der Waals surface area contributed by atoms with Gasteiger partial charge in [-0.1, -0.05) is 13.8 Å². The molecule has 0 aliphatic carbocycles. The zero-order chi connectivity index (χ0) is 38.2. The van der Waals surface area contributed by atoms with E-state index in [1.165, 1.54) is 35.2 Å². The Balaban J connectivity index is 1.44. The zero-order valence-electron chi connectivity index (χ0n) is 29.7. The van der Waals surface area contributed by atoms with E-state index >= 15 is 0 Å². The Morgan fingerprint density at radius 3 is 2.42 bits per heavy atom. The van der Waals surface area contributed by atoms with Crippen LogP contribution in [0.4, 0.5) is 38.0 Å². The summed E-state index contributed by atoms with van der Waals surface area (Å²) in [6, 6.07) is 10.8. The van der Waals surface area contributed by atoms with E-state index in [0.29, 0.717) is 24.1 Å². The molecule has 0 radical (unpaired) electrons. The molecule has 1 fully saturated rings. The molecule has 1 saturated heterocycles. The molecule has 2 aliphatic rings. The summed E-state index contributed by atoms with van der Waals surface area (Å²) >= 11 is 0. The van der Waals surface area contributed by atoms with Crippen LogP contribution in [0.2, 0.25) is 0 Å². The summed E-state index contributed by atoms with van der Waals surface area (Å²) < 4.78 is 87.8. The first-order valence-corrected chi connectivity index (χ1v) is 17.2. The number of aromatic nitrogens is 4. The highest BCUT2D eigenvalue weighted by atomic mass is 19.4. The van der Waals surface area contributed by atoms with Gasteiger partial charge in [0.15, 0.2) is 5.82 Å². The second-order valence-corrected chi connectivity index (χ2v) is 13.9. The van der Waals surface area contributed by atoms with Crippen LogP contribution in [-0.4, -0.2) is 74.7 Å². The van der Waals surface area contributed by atoms with Crippen molar-refractivity contribution in [3.63, 3.8) is 0 Å². The van der Waals surface area contributed by atoms with Crippen LogP contribution in [-0.2, 0) is 32.5 Å². The molecule has 10 nitrogen and oxygen atoms in total. The number of unbranched alkanes of at least 4 members (excludes halogenated alkanes) is 1. The molecule has 1 atom stereocenters. The highest BCUT2D eigenvalue weighted by molar-refractivity contribution is 6.10. The lowest BCUT2D eigenvalue weighted by Crippen LogP contribution is -2.53. The molecule has 0 unspecified atom stereocenters. The van der Waals surface area contributed by atoms with E-state index in [1.807, 2.05) is 13.1 Å². The van der Waals surface area contributed by atoms with Crippen LogP contribution >= 0.6 is 0 Å². The molecule has 1 N–H and O–H groups in total. The molecule has 1 amide bonds. The number of nitrogens with zero attached hydrogens (tertiary/aromatic N) is 8. The minimum absolute atomic E-state index is 0.0542. The first kappa shape index (κ1) is 37.7. The number of rotatable bonds is 10. The van der Waals surface area contributed by atoms with Gasteiger partial charge in [-0.05, 0) is 84.1 Å². The van der Waals surface area contributed by atoms with Crippen LogP contribution in [0.1, 0.15) is 59.3 Å². The number of piperazine rings is 1. The van der Waals surface area contributed by atoms with Crippen molar-refractivity contribution in [1.82, 2.24) is 29.5 Å². The van der Waals surface area contributed by atoms with E-state index in [-0.39, 0.29) is 71.2 Å². The third-order valence-corrected chi connectivity index (χ3v) is 9.77. The van der Waals surface area contributed by atoms with Crippen molar-refractivity contribution in [3.05, 3.63) is 76.6 Å². The number of anilines is 2. The number of carbonyl (C=O) groups is 1. The third kappa shape index (κ3) is 8.01. The number of aryl methyl sites for hydroxylation is 1. The van der Waals surface area contributed by atoms with E-state index in [9.17, 15) is 31.1 Å². The van der Waals surface area contributed by atoms with Gasteiger partial charge in [0.2, 0.25) is 0 Å². The molecule has 2 aromatic carbocycles. The average Bonchev–Trinajstić information content (AvgIpc) is 3.68. The molecule has 2 aromatic heterocycles. The lowest BCUT2D eigenvalue weighted by molar-refractivity contribution is -0.138. The fourth-order valence-corrected chi connectivity index (χ4v) is 7.02. The number of benzene rings is 2. The van der Waals surface area contributed by atoms with E-state index in [0.717, 1.165) is 36.2 Å². The normalized spacial score (nSPS) is 17.1. The smallest absolute Gasteiger partial charge is 0.370 e. The monoisotopic (exact) mass is 739 g/mol. The number of fused-ring (bicyclic) bond motifs is 1. The summed E-state index contributed by atoms with van der Waals surface area (Å²) in [5.74, 6) is -0.0848. The number of halogens is 6. The van der Waals surface area contributed by atoms with Crippen LogP contribution < -0.4 is 10.2 Å². The van der Waals surface area contributed by atoms with Crippen LogP contribution in [0, 0.1) is 17.2 Å². The van der Waals surface area contributed by atoms with Crippen LogP contribution in [0.25, 0.3) is 22.5 Å². The summed E-state index contributed by atoms with van der Waals surface area (Å²) in [6.45, 7) is 6.37. The summed E-state index contributed by atoms with van der Waals surface area (Å²) in [5, 5.41) is 20.0. The number of hydrogen-bond donors (Lipinski definition) is 1. The quantitative estimate of drug-likeness (QED) is 0.134. The predicted molar refractivity (Wildman–Crippen MR) is 186 cm³/mol. The molecule has 0 bridgehead atoms. The Labute approximate surface area is 303 Å². The first-order chi connectivity index (χ1) is 25.0. The van der Waals surface area contributed by atoms with Crippen molar-refractivity contribution in [2.75, 3.05) is 43.4 Å². The summed E-state index contributed by atoms with van der Waals surface area (Å²) in [4.78, 5) is 24.2. The topological polar surface area (TPSA) is 106 Å². The number of hydrogen-bond acceptors (Lipinski definition) is 8. The molecule has 0 spiro atoms. The van der Waals surface area contributed by atoms with Crippen molar-refractivity contribution in [1.29, 1.82) is 5.26 Å². The molecule has 53 heavy (non-hydrogen) atoms. The fraction of sp³-hybridized carbons (Fsp3) is 0.432. The number of amides is 1. The Hall–Kier alpha value is -5.01. The molecule has 4 aromatic rings. The van der Waals surface area contributed by atoms with Crippen molar-refractivity contribution < 1.29 is 31.1 Å². The van der Waals surface area contributed by atoms with Gasteiger partial charge < -0.3 is 14.8 Å². The number of carbonyl (C=O) groups excluding carboxylic acids is 1. The maximum atomic E-state index is 14.7. The number of nitrogens with one attached hydrogen (secondary N) is 1. The second kappa shape index (κ2) is 14.8. The van der Waals surface area contributed by atoms with Gasteiger partial charge in [-0.3, -0.25) is 14.6 Å². The predicted octanol–water partition coefficient (Wildman–Crippen LogP) is 7.23.